The zero-order chi connectivity index (χ0) is 19.7. The lowest BCUT2D eigenvalue weighted by atomic mass is 10.1. The van der Waals surface area contributed by atoms with Crippen molar-refractivity contribution in [3.63, 3.8) is 0 Å². The van der Waals surface area contributed by atoms with E-state index in [0.29, 0.717) is 22.3 Å². The van der Waals surface area contributed by atoms with Crippen molar-refractivity contribution < 1.29 is 9.53 Å². The Morgan fingerprint density at radius 2 is 2.04 bits per heavy atom. The van der Waals surface area contributed by atoms with Crippen molar-refractivity contribution in [2.75, 3.05) is 11.5 Å². The first-order chi connectivity index (χ1) is 13.5. The third-order valence-corrected chi connectivity index (χ3v) is 6.19. The van der Waals surface area contributed by atoms with E-state index in [4.69, 9.17) is 32.9 Å². The Labute approximate surface area is 177 Å². The number of carbonyl (C=O) groups excluding carboxylic acids is 1. The first kappa shape index (κ1) is 19.2. The zero-order valence-electron chi connectivity index (χ0n) is 15.2. The number of rotatable bonds is 5. The van der Waals surface area contributed by atoms with E-state index >= 15 is 0 Å². The summed E-state index contributed by atoms with van der Waals surface area (Å²) >= 11 is 13.8. The van der Waals surface area contributed by atoms with Gasteiger partial charge in [0, 0.05) is 10.9 Å². The Hall–Kier alpha value is -2.08. The second-order valence-electron chi connectivity index (χ2n) is 6.58. The minimum Gasteiger partial charge on any atom is -0.482 e. The molecule has 2 heterocycles. The van der Waals surface area contributed by atoms with Gasteiger partial charge in [-0.1, -0.05) is 36.2 Å². The topological polar surface area (TPSA) is 42.4 Å². The highest BCUT2D eigenvalue weighted by molar-refractivity contribution is 7.09. The molecule has 0 N–H and O–H groups in total. The molecule has 0 unspecified atom stereocenters. The van der Waals surface area contributed by atoms with Gasteiger partial charge in [-0.15, -0.1) is 11.3 Å². The largest absolute Gasteiger partial charge is 0.482 e. The number of thiazole rings is 1. The van der Waals surface area contributed by atoms with Crippen LogP contribution in [0.1, 0.15) is 23.9 Å². The van der Waals surface area contributed by atoms with Crippen LogP contribution in [0.4, 0.5) is 5.69 Å². The number of amides is 1. The molecule has 1 amide bonds. The molecule has 4 rings (SSSR count). The molecule has 0 fully saturated rings. The molecule has 4 nitrogen and oxygen atoms in total. The van der Waals surface area contributed by atoms with Gasteiger partial charge in [0.15, 0.2) is 6.61 Å². The van der Waals surface area contributed by atoms with E-state index in [1.165, 1.54) is 0 Å². The molecule has 7 heteroatoms. The SMILES string of the molecule is CCCc1nc(-c2ccc3c(c2)N(Cc2ccc(Cl)c(Cl)c2)C(=O)CO3)cs1. The fraction of sp³-hybridized carbons (Fsp3) is 0.238. The maximum atomic E-state index is 12.6. The van der Waals surface area contributed by atoms with E-state index in [0.717, 1.165) is 40.4 Å². The van der Waals surface area contributed by atoms with Gasteiger partial charge >= 0.3 is 0 Å². The number of aryl methyl sites for hydroxylation is 1. The fourth-order valence-electron chi connectivity index (χ4n) is 3.13. The predicted octanol–water partition coefficient (Wildman–Crippen LogP) is 6.00. The van der Waals surface area contributed by atoms with Crippen LogP contribution >= 0.6 is 34.5 Å². The van der Waals surface area contributed by atoms with Crippen LogP contribution in [0.3, 0.4) is 0 Å². The zero-order valence-corrected chi connectivity index (χ0v) is 17.6. The quantitative estimate of drug-likeness (QED) is 0.496. The summed E-state index contributed by atoms with van der Waals surface area (Å²) in [7, 11) is 0. The first-order valence-electron chi connectivity index (χ1n) is 9.01. The molecule has 3 aromatic rings. The summed E-state index contributed by atoms with van der Waals surface area (Å²) < 4.78 is 5.62. The molecule has 144 valence electrons. The molecule has 0 saturated heterocycles. The lowest BCUT2D eigenvalue weighted by molar-refractivity contribution is -0.121. The molecule has 0 saturated carbocycles. The van der Waals surface area contributed by atoms with Crippen LogP contribution < -0.4 is 9.64 Å². The van der Waals surface area contributed by atoms with Crippen molar-refractivity contribution in [3.05, 3.63) is 62.4 Å². The third-order valence-electron chi connectivity index (χ3n) is 4.54. The number of nitrogens with zero attached hydrogens (tertiary/aromatic N) is 2. The summed E-state index contributed by atoms with van der Waals surface area (Å²) in [5, 5.41) is 4.14. The summed E-state index contributed by atoms with van der Waals surface area (Å²) in [6.07, 6.45) is 2.04. The second-order valence-corrected chi connectivity index (χ2v) is 8.33. The summed E-state index contributed by atoms with van der Waals surface area (Å²) in [5.74, 6) is 0.591. The van der Waals surface area contributed by atoms with Crippen molar-refractivity contribution in [1.29, 1.82) is 0 Å². The standard InChI is InChI=1S/C21H18Cl2N2O2S/c1-2-3-20-24-17(12-28-20)14-5-7-19-18(9-14)25(21(26)11-27-19)10-13-4-6-15(22)16(23)8-13/h4-9,12H,2-3,10-11H2,1H3. The molecule has 2 aromatic carbocycles. The van der Waals surface area contributed by atoms with Crippen molar-refractivity contribution in [2.24, 2.45) is 0 Å². The number of halogens is 2. The Morgan fingerprint density at radius 1 is 1.18 bits per heavy atom. The third kappa shape index (κ3) is 3.88. The number of carbonyl (C=O) groups is 1. The number of ether oxygens (including phenoxy) is 1. The van der Waals surface area contributed by atoms with Crippen LogP contribution in [0.2, 0.25) is 10.0 Å². The van der Waals surface area contributed by atoms with Crippen LogP contribution in [-0.2, 0) is 17.8 Å². The molecule has 1 aliphatic heterocycles. The number of fused-ring (bicyclic) bond motifs is 1. The van der Waals surface area contributed by atoms with Crippen LogP contribution in [0.5, 0.6) is 5.75 Å². The van der Waals surface area contributed by atoms with E-state index < -0.39 is 0 Å². The lowest BCUT2D eigenvalue weighted by Crippen LogP contribution is -2.38. The summed E-state index contributed by atoms with van der Waals surface area (Å²) in [6.45, 7) is 2.56. The van der Waals surface area contributed by atoms with Gasteiger partial charge in [-0.3, -0.25) is 4.79 Å². The molecule has 28 heavy (non-hydrogen) atoms. The minimum absolute atomic E-state index is 0.0189. The monoisotopic (exact) mass is 432 g/mol. The van der Waals surface area contributed by atoms with Gasteiger partial charge in [-0.25, -0.2) is 4.98 Å². The number of hydrogen-bond acceptors (Lipinski definition) is 4. The number of aromatic nitrogens is 1. The predicted molar refractivity (Wildman–Crippen MR) is 115 cm³/mol. The van der Waals surface area contributed by atoms with Crippen LogP contribution in [-0.4, -0.2) is 17.5 Å². The molecule has 1 aliphatic rings. The van der Waals surface area contributed by atoms with E-state index in [1.54, 1.807) is 28.4 Å². The smallest absolute Gasteiger partial charge is 0.265 e. The highest BCUT2D eigenvalue weighted by Gasteiger charge is 2.26. The number of anilines is 1. The van der Waals surface area contributed by atoms with E-state index in [1.807, 2.05) is 24.3 Å². The Morgan fingerprint density at radius 3 is 2.82 bits per heavy atom. The van der Waals surface area contributed by atoms with Gasteiger partial charge in [0.25, 0.3) is 5.91 Å². The first-order valence-corrected chi connectivity index (χ1v) is 10.6. The molecular formula is C21H18Cl2N2O2S. The Kier molecular flexibility index (Phi) is 5.58. The second kappa shape index (κ2) is 8.11. The van der Waals surface area contributed by atoms with Gasteiger partial charge < -0.3 is 9.64 Å². The number of hydrogen-bond donors (Lipinski definition) is 0. The average molecular weight is 433 g/mol. The van der Waals surface area contributed by atoms with Gasteiger partial charge in [-0.05, 0) is 48.7 Å². The van der Waals surface area contributed by atoms with Crippen molar-refractivity contribution in [1.82, 2.24) is 4.98 Å². The molecule has 1 aromatic heterocycles. The maximum Gasteiger partial charge on any atom is 0.265 e. The maximum absolute atomic E-state index is 12.6. The minimum atomic E-state index is -0.0966. The van der Waals surface area contributed by atoms with Gasteiger partial charge in [0.1, 0.15) is 5.75 Å². The summed E-state index contributed by atoms with van der Waals surface area (Å²) in [4.78, 5) is 19.0. The fourth-order valence-corrected chi connectivity index (χ4v) is 4.36. The molecular weight excluding hydrogens is 415 g/mol. The van der Waals surface area contributed by atoms with Crippen molar-refractivity contribution in [2.45, 2.75) is 26.3 Å². The van der Waals surface area contributed by atoms with Crippen molar-refractivity contribution >= 4 is 46.1 Å². The van der Waals surface area contributed by atoms with E-state index in [9.17, 15) is 4.79 Å². The summed E-state index contributed by atoms with van der Waals surface area (Å²) in [5.41, 5.74) is 3.53. The Balaban J connectivity index is 1.68. The highest BCUT2D eigenvalue weighted by atomic mass is 35.5. The average Bonchev–Trinajstić information content (AvgIpc) is 3.15. The molecule has 0 aliphatic carbocycles. The van der Waals surface area contributed by atoms with Gasteiger partial charge in [0.2, 0.25) is 0 Å². The van der Waals surface area contributed by atoms with Gasteiger partial charge in [-0.2, -0.15) is 0 Å². The molecule has 0 radical (unpaired) electrons. The van der Waals surface area contributed by atoms with Gasteiger partial charge in [0.05, 0.1) is 33.0 Å². The molecule has 0 atom stereocenters. The van der Waals surface area contributed by atoms with Crippen LogP contribution in [0, 0.1) is 0 Å². The summed E-state index contributed by atoms with van der Waals surface area (Å²) in [6, 6.07) is 11.3. The lowest BCUT2D eigenvalue weighted by Gasteiger charge is -2.30. The van der Waals surface area contributed by atoms with Crippen LogP contribution in [0.25, 0.3) is 11.3 Å². The van der Waals surface area contributed by atoms with E-state index in [2.05, 4.69) is 12.3 Å². The molecule has 0 bridgehead atoms. The van der Waals surface area contributed by atoms with Crippen molar-refractivity contribution in [3.8, 4) is 17.0 Å². The highest BCUT2D eigenvalue weighted by Crippen LogP contribution is 2.37. The van der Waals surface area contributed by atoms with E-state index in [-0.39, 0.29) is 12.5 Å². The number of benzene rings is 2. The Bertz CT molecular complexity index is 1030. The normalized spacial score (nSPS) is 13.4. The van der Waals surface area contributed by atoms with Crippen LogP contribution in [0.15, 0.2) is 41.8 Å². The molecule has 0 spiro atoms.